The summed E-state index contributed by atoms with van der Waals surface area (Å²) < 4.78 is 0. The predicted molar refractivity (Wildman–Crippen MR) is 89.8 cm³/mol. The average Bonchev–Trinajstić information content (AvgIpc) is 2.52. The van der Waals surface area contributed by atoms with Crippen molar-refractivity contribution in [2.24, 2.45) is 4.99 Å². The van der Waals surface area contributed by atoms with Crippen LogP contribution in [0.2, 0.25) is 0 Å². The molecule has 0 saturated carbocycles. The summed E-state index contributed by atoms with van der Waals surface area (Å²) >= 11 is 0. The Balaban J connectivity index is 1.86. The Hall–Kier alpha value is -1.07. The molecule has 3 heterocycles. The summed E-state index contributed by atoms with van der Waals surface area (Å²) in [6, 6.07) is 0.600. The van der Waals surface area contributed by atoms with Gasteiger partial charge in [0.05, 0.1) is 6.54 Å². The molecule has 5 nitrogen and oxygen atoms in total. The Labute approximate surface area is 129 Å². The van der Waals surface area contributed by atoms with Crippen LogP contribution in [0.3, 0.4) is 0 Å². The van der Waals surface area contributed by atoms with Gasteiger partial charge in [-0.15, -0.1) is 6.58 Å². The molecule has 120 valence electrons. The van der Waals surface area contributed by atoms with Gasteiger partial charge in [0.1, 0.15) is 0 Å². The van der Waals surface area contributed by atoms with Gasteiger partial charge in [0.2, 0.25) is 0 Å². The highest BCUT2D eigenvalue weighted by atomic mass is 15.4. The van der Waals surface area contributed by atoms with Crippen molar-refractivity contribution >= 4 is 5.96 Å². The van der Waals surface area contributed by atoms with Crippen LogP contribution in [0.5, 0.6) is 0 Å². The summed E-state index contributed by atoms with van der Waals surface area (Å²) in [5.74, 6) is 1.04. The van der Waals surface area contributed by atoms with Crippen molar-refractivity contribution in [2.75, 3.05) is 59.4 Å². The summed E-state index contributed by atoms with van der Waals surface area (Å²) in [7, 11) is 2.13. The van der Waals surface area contributed by atoms with Gasteiger partial charge in [-0.3, -0.25) is 14.8 Å². The lowest BCUT2D eigenvalue weighted by atomic mass is 10.1. The van der Waals surface area contributed by atoms with E-state index in [1.807, 2.05) is 6.08 Å². The molecule has 3 aliphatic heterocycles. The van der Waals surface area contributed by atoms with E-state index in [2.05, 4.69) is 40.6 Å². The molecule has 0 aromatic rings. The maximum atomic E-state index is 4.87. The van der Waals surface area contributed by atoms with E-state index in [-0.39, 0.29) is 0 Å². The van der Waals surface area contributed by atoms with Crippen LogP contribution in [0.4, 0.5) is 0 Å². The number of nitrogens with zero attached hydrogens (tertiary/aromatic N) is 4. The van der Waals surface area contributed by atoms with Crippen molar-refractivity contribution in [3.05, 3.63) is 12.7 Å². The first-order valence-electron chi connectivity index (χ1n) is 8.31. The topological polar surface area (TPSA) is 34.1 Å². The number of nitrogens with one attached hydrogen (secondary N) is 1. The van der Waals surface area contributed by atoms with Crippen molar-refractivity contribution in [3.8, 4) is 0 Å². The minimum Gasteiger partial charge on any atom is -0.357 e. The van der Waals surface area contributed by atoms with Crippen LogP contribution >= 0.6 is 0 Å². The number of rotatable bonds is 7. The van der Waals surface area contributed by atoms with Crippen molar-refractivity contribution in [1.29, 1.82) is 0 Å². The first-order valence-corrected chi connectivity index (χ1v) is 8.31. The minimum atomic E-state index is 0.600. The first-order chi connectivity index (χ1) is 10.2. The van der Waals surface area contributed by atoms with Crippen LogP contribution in [0.15, 0.2) is 17.6 Å². The third-order valence-electron chi connectivity index (χ3n) is 4.44. The van der Waals surface area contributed by atoms with Crippen molar-refractivity contribution in [2.45, 2.75) is 25.8 Å². The van der Waals surface area contributed by atoms with E-state index in [9.17, 15) is 0 Å². The molecule has 0 aromatic carbocycles. The molecule has 0 aromatic heterocycles. The van der Waals surface area contributed by atoms with Gasteiger partial charge in [0, 0.05) is 58.9 Å². The normalized spacial score (nSPS) is 28.5. The molecule has 0 spiro atoms. The molecular formula is C16H31N5. The van der Waals surface area contributed by atoms with Gasteiger partial charge in [0.25, 0.3) is 0 Å². The molecule has 0 radical (unpaired) electrons. The van der Waals surface area contributed by atoms with Crippen molar-refractivity contribution < 1.29 is 0 Å². The summed E-state index contributed by atoms with van der Waals surface area (Å²) in [5, 5.41) is 3.41. The van der Waals surface area contributed by atoms with Gasteiger partial charge < -0.3 is 10.2 Å². The zero-order chi connectivity index (χ0) is 15.1. The smallest absolute Gasteiger partial charge is 0.193 e. The third-order valence-corrected chi connectivity index (χ3v) is 4.44. The summed E-state index contributed by atoms with van der Waals surface area (Å²) in [5.41, 5.74) is 0. The van der Waals surface area contributed by atoms with E-state index >= 15 is 0 Å². The number of guanidine groups is 1. The molecule has 3 saturated heterocycles. The van der Waals surface area contributed by atoms with E-state index < -0.39 is 0 Å². The molecule has 3 rings (SSSR count). The lowest BCUT2D eigenvalue weighted by molar-refractivity contribution is 0.0173. The zero-order valence-corrected chi connectivity index (χ0v) is 13.7. The highest BCUT2D eigenvalue weighted by molar-refractivity contribution is 5.79. The second kappa shape index (κ2) is 8.39. The molecular weight excluding hydrogens is 262 g/mol. The van der Waals surface area contributed by atoms with Crippen LogP contribution in [-0.2, 0) is 0 Å². The summed E-state index contributed by atoms with van der Waals surface area (Å²) in [6.07, 6.45) is 4.18. The van der Waals surface area contributed by atoms with Gasteiger partial charge in [-0.2, -0.15) is 0 Å². The van der Waals surface area contributed by atoms with Gasteiger partial charge in [-0.25, -0.2) is 0 Å². The number of fused-ring (bicyclic) bond motifs is 3. The quantitative estimate of drug-likeness (QED) is 0.327. The SMILES string of the molecule is C=CCCCN(C)C(=NCC1CN2CCN1CC2)NCC. The average molecular weight is 293 g/mol. The van der Waals surface area contributed by atoms with Crippen LogP contribution in [0.25, 0.3) is 0 Å². The molecule has 0 aliphatic carbocycles. The number of piperazine rings is 3. The van der Waals surface area contributed by atoms with Crippen LogP contribution in [-0.4, -0.2) is 86.1 Å². The summed E-state index contributed by atoms with van der Waals surface area (Å²) in [6.45, 7) is 14.9. The largest absolute Gasteiger partial charge is 0.357 e. The van der Waals surface area contributed by atoms with E-state index in [0.29, 0.717) is 6.04 Å². The van der Waals surface area contributed by atoms with Gasteiger partial charge in [0.15, 0.2) is 5.96 Å². The molecule has 1 N–H and O–H groups in total. The van der Waals surface area contributed by atoms with Crippen LogP contribution < -0.4 is 5.32 Å². The number of hydrogen-bond donors (Lipinski definition) is 1. The maximum Gasteiger partial charge on any atom is 0.193 e. The highest BCUT2D eigenvalue weighted by Crippen LogP contribution is 2.15. The Morgan fingerprint density at radius 2 is 2.14 bits per heavy atom. The number of allylic oxidation sites excluding steroid dienone is 1. The maximum absolute atomic E-state index is 4.87. The fourth-order valence-corrected chi connectivity index (χ4v) is 3.14. The minimum absolute atomic E-state index is 0.600. The van der Waals surface area contributed by atoms with Crippen LogP contribution in [0, 0.1) is 0 Å². The third kappa shape index (κ3) is 4.71. The number of unbranched alkanes of at least 4 members (excludes halogenated alkanes) is 1. The molecule has 2 bridgehead atoms. The van der Waals surface area contributed by atoms with E-state index in [0.717, 1.165) is 38.4 Å². The molecule has 1 atom stereocenters. The van der Waals surface area contributed by atoms with E-state index in [1.165, 1.54) is 32.7 Å². The molecule has 0 amide bonds. The molecule has 21 heavy (non-hydrogen) atoms. The lowest BCUT2D eigenvalue weighted by Gasteiger charge is -2.47. The molecule has 3 aliphatic rings. The van der Waals surface area contributed by atoms with Gasteiger partial charge in [-0.05, 0) is 19.8 Å². The highest BCUT2D eigenvalue weighted by Gasteiger charge is 2.31. The van der Waals surface area contributed by atoms with Crippen LogP contribution in [0.1, 0.15) is 19.8 Å². The second-order valence-electron chi connectivity index (χ2n) is 6.04. The second-order valence-corrected chi connectivity index (χ2v) is 6.04. The Morgan fingerprint density at radius 1 is 1.38 bits per heavy atom. The molecule has 3 fully saturated rings. The van der Waals surface area contributed by atoms with Gasteiger partial charge in [-0.1, -0.05) is 6.08 Å². The first kappa shape index (κ1) is 16.3. The fraction of sp³-hybridized carbons (Fsp3) is 0.812. The summed E-state index contributed by atoms with van der Waals surface area (Å²) in [4.78, 5) is 12.3. The Morgan fingerprint density at radius 3 is 2.71 bits per heavy atom. The zero-order valence-electron chi connectivity index (χ0n) is 13.7. The molecule has 5 heteroatoms. The predicted octanol–water partition coefficient (Wildman–Crippen LogP) is 0.850. The van der Waals surface area contributed by atoms with E-state index in [4.69, 9.17) is 4.99 Å². The monoisotopic (exact) mass is 293 g/mol. The van der Waals surface area contributed by atoms with E-state index in [1.54, 1.807) is 0 Å². The molecule has 1 unspecified atom stereocenters. The van der Waals surface area contributed by atoms with Gasteiger partial charge >= 0.3 is 0 Å². The standard InChI is InChI=1S/C16H31N5/c1-4-6-7-8-19(3)16(17-5-2)18-13-15-14-20-9-11-21(15)12-10-20/h4,15H,1,5-14H2,2-3H3,(H,17,18). The van der Waals surface area contributed by atoms with Crippen molar-refractivity contribution in [1.82, 2.24) is 20.0 Å². The Kier molecular flexibility index (Phi) is 6.51. The number of aliphatic imine (C=N–C) groups is 1. The van der Waals surface area contributed by atoms with Crippen molar-refractivity contribution in [3.63, 3.8) is 0 Å². The number of hydrogen-bond acceptors (Lipinski definition) is 3. The Bertz CT molecular complexity index is 347. The fourth-order valence-electron chi connectivity index (χ4n) is 3.14. The lowest BCUT2D eigenvalue weighted by Crippen LogP contribution is -2.62.